The van der Waals surface area contributed by atoms with Crippen LogP contribution >= 0.6 is 0 Å². The van der Waals surface area contributed by atoms with Crippen molar-refractivity contribution in [1.29, 1.82) is 0 Å². The van der Waals surface area contributed by atoms with Crippen LogP contribution in [-0.4, -0.2) is 36.7 Å². The Balaban J connectivity index is 1.38. The second-order valence-electron chi connectivity index (χ2n) is 7.16. The van der Waals surface area contributed by atoms with Crippen molar-refractivity contribution in [2.45, 2.75) is 50.3 Å². The molecule has 0 radical (unpaired) electrons. The third-order valence-electron chi connectivity index (χ3n) is 5.34. The molecule has 6 nitrogen and oxygen atoms in total. The maximum atomic E-state index is 11.9. The van der Waals surface area contributed by atoms with Crippen molar-refractivity contribution < 1.29 is 14.3 Å². The number of hydrogen-bond acceptors (Lipinski definition) is 4. The smallest absolute Gasteiger partial charge is 0.407 e. The molecule has 2 amide bonds. The fourth-order valence-electron chi connectivity index (χ4n) is 4.02. The van der Waals surface area contributed by atoms with Crippen LogP contribution in [0.1, 0.15) is 44.2 Å². The van der Waals surface area contributed by atoms with E-state index in [1.165, 1.54) is 5.56 Å². The van der Waals surface area contributed by atoms with Crippen LogP contribution in [0.3, 0.4) is 0 Å². The number of alkyl carbamates (subject to hydrolysis) is 1. The summed E-state index contributed by atoms with van der Waals surface area (Å²) in [5.74, 6) is 0.212. The van der Waals surface area contributed by atoms with E-state index in [2.05, 4.69) is 29.7 Å². The molecule has 3 fully saturated rings. The molecule has 0 aromatic heterocycles. The summed E-state index contributed by atoms with van der Waals surface area (Å²) in [6.45, 7) is 3.56. The molecule has 1 spiro atoms. The highest BCUT2D eigenvalue weighted by Gasteiger charge is 2.51. The lowest BCUT2D eigenvalue weighted by Gasteiger charge is -2.44. The molecule has 1 atom stereocenters. The molecule has 4 rings (SSSR count). The van der Waals surface area contributed by atoms with Crippen LogP contribution in [0.4, 0.5) is 10.5 Å². The molecule has 1 aliphatic carbocycles. The normalized spacial score (nSPS) is 30.2. The summed E-state index contributed by atoms with van der Waals surface area (Å²) < 4.78 is 5.37. The Morgan fingerprint density at radius 3 is 2.88 bits per heavy atom. The summed E-state index contributed by atoms with van der Waals surface area (Å²) in [6.07, 6.45) is 2.98. The largest absolute Gasteiger partial charge is 0.441 e. The summed E-state index contributed by atoms with van der Waals surface area (Å²) in [5.41, 5.74) is 1.87. The highest BCUT2D eigenvalue weighted by atomic mass is 16.6. The molecule has 2 heterocycles. The van der Waals surface area contributed by atoms with E-state index >= 15 is 0 Å². The number of ether oxygens (including phenoxy) is 1. The SMILES string of the molecule is CC(NC1CC2(CNC(=O)O2)C1)c1cccc(N2CCCC2=O)c1. The number of anilines is 1. The van der Waals surface area contributed by atoms with Crippen molar-refractivity contribution in [3.05, 3.63) is 29.8 Å². The van der Waals surface area contributed by atoms with Gasteiger partial charge in [0, 0.05) is 43.6 Å². The highest BCUT2D eigenvalue weighted by Crippen LogP contribution is 2.39. The van der Waals surface area contributed by atoms with E-state index < -0.39 is 0 Å². The third kappa shape index (κ3) is 2.75. The molecular formula is C18H23N3O3. The number of benzene rings is 1. The number of carbonyl (C=O) groups excluding carboxylic acids is 2. The molecule has 2 saturated heterocycles. The molecule has 3 aliphatic rings. The lowest BCUT2D eigenvalue weighted by atomic mass is 9.75. The first-order valence-electron chi connectivity index (χ1n) is 8.68. The van der Waals surface area contributed by atoms with Crippen LogP contribution in [0, 0.1) is 0 Å². The summed E-state index contributed by atoms with van der Waals surface area (Å²) in [6, 6.07) is 8.75. The van der Waals surface area contributed by atoms with Gasteiger partial charge < -0.3 is 20.3 Å². The topological polar surface area (TPSA) is 70.7 Å². The molecule has 1 unspecified atom stereocenters. The first kappa shape index (κ1) is 15.4. The van der Waals surface area contributed by atoms with Crippen molar-refractivity contribution in [2.24, 2.45) is 0 Å². The summed E-state index contributed by atoms with van der Waals surface area (Å²) in [5, 5.41) is 6.34. The lowest BCUT2D eigenvalue weighted by Crippen LogP contribution is -2.56. The number of amides is 2. The summed E-state index contributed by atoms with van der Waals surface area (Å²) in [4.78, 5) is 25.0. The maximum Gasteiger partial charge on any atom is 0.407 e. The predicted octanol–water partition coefficient (Wildman–Crippen LogP) is 2.10. The van der Waals surface area contributed by atoms with E-state index in [-0.39, 0.29) is 23.6 Å². The van der Waals surface area contributed by atoms with Gasteiger partial charge in [0.1, 0.15) is 5.60 Å². The van der Waals surface area contributed by atoms with E-state index in [4.69, 9.17) is 4.74 Å². The minimum atomic E-state index is -0.301. The van der Waals surface area contributed by atoms with Crippen LogP contribution in [0.2, 0.25) is 0 Å². The molecule has 2 aliphatic heterocycles. The molecule has 24 heavy (non-hydrogen) atoms. The standard InChI is InChI=1S/C18H23N3O3/c1-12(20-14-9-18(10-14)11-19-17(23)24-18)13-4-2-5-15(8-13)21-7-3-6-16(21)22/h2,4-5,8,12,14,20H,3,6-7,9-11H2,1H3,(H,19,23). The van der Waals surface area contributed by atoms with E-state index in [0.29, 0.717) is 19.0 Å². The van der Waals surface area contributed by atoms with Crippen LogP contribution in [-0.2, 0) is 9.53 Å². The minimum Gasteiger partial charge on any atom is -0.441 e. The van der Waals surface area contributed by atoms with Gasteiger partial charge in [0.25, 0.3) is 0 Å². The third-order valence-corrected chi connectivity index (χ3v) is 5.34. The fourth-order valence-corrected chi connectivity index (χ4v) is 4.02. The van der Waals surface area contributed by atoms with Crippen LogP contribution in [0.15, 0.2) is 24.3 Å². The molecule has 1 saturated carbocycles. The van der Waals surface area contributed by atoms with Crippen LogP contribution < -0.4 is 15.5 Å². The molecular weight excluding hydrogens is 306 g/mol. The number of nitrogens with zero attached hydrogens (tertiary/aromatic N) is 1. The van der Waals surface area contributed by atoms with Crippen molar-refractivity contribution in [3.8, 4) is 0 Å². The second kappa shape index (κ2) is 5.77. The van der Waals surface area contributed by atoms with Gasteiger partial charge in [-0.1, -0.05) is 12.1 Å². The Bertz CT molecular complexity index is 669. The molecule has 0 bridgehead atoms. The predicted molar refractivity (Wildman–Crippen MR) is 89.8 cm³/mol. The van der Waals surface area contributed by atoms with Crippen molar-refractivity contribution in [2.75, 3.05) is 18.0 Å². The van der Waals surface area contributed by atoms with Gasteiger partial charge in [-0.25, -0.2) is 4.79 Å². The van der Waals surface area contributed by atoms with Crippen molar-refractivity contribution in [3.63, 3.8) is 0 Å². The molecule has 1 aromatic carbocycles. The van der Waals surface area contributed by atoms with E-state index in [1.54, 1.807) is 0 Å². The van der Waals surface area contributed by atoms with E-state index in [0.717, 1.165) is 31.5 Å². The van der Waals surface area contributed by atoms with E-state index in [9.17, 15) is 9.59 Å². The highest BCUT2D eigenvalue weighted by molar-refractivity contribution is 5.95. The number of rotatable bonds is 4. The van der Waals surface area contributed by atoms with Gasteiger partial charge >= 0.3 is 6.09 Å². The van der Waals surface area contributed by atoms with Gasteiger partial charge in [0.05, 0.1) is 6.54 Å². The van der Waals surface area contributed by atoms with Gasteiger partial charge in [-0.2, -0.15) is 0 Å². The first-order chi connectivity index (χ1) is 11.5. The Kier molecular flexibility index (Phi) is 3.72. The fraction of sp³-hybridized carbons (Fsp3) is 0.556. The minimum absolute atomic E-state index is 0.190. The molecule has 1 aromatic rings. The zero-order valence-electron chi connectivity index (χ0n) is 13.9. The van der Waals surface area contributed by atoms with Gasteiger partial charge in [0.15, 0.2) is 0 Å². The Labute approximate surface area is 141 Å². The summed E-state index contributed by atoms with van der Waals surface area (Å²) in [7, 11) is 0. The van der Waals surface area contributed by atoms with Crippen molar-refractivity contribution >= 4 is 17.7 Å². The van der Waals surface area contributed by atoms with E-state index in [1.807, 2.05) is 17.0 Å². The number of hydrogen-bond donors (Lipinski definition) is 2. The summed E-state index contributed by atoms with van der Waals surface area (Å²) >= 11 is 0. The van der Waals surface area contributed by atoms with Gasteiger partial charge in [-0.3, -0.25) is 4.79 Å². The number of carbonyl (C=O) groups is 2. The Morgan fingerprint density at radius 2 is 2.21 bits per heavy atom. The van der Waals surface area contributed by atoms with Crippen LogP contribution in [0.25, 0.3) is 0 Å². The van der Waals surface area contributed by atoms with Gasteiger partial charge in [0.2, 0.25) is 5.91 Å². The van der Waals surface area contributed by atoms with Crippen LogP contribution in [0.5, 0.6) is 0 Å². The van der Waals surface area contributed by atoms with Gasteiger partial charge in [-0.05, 0) is 31.0 Å². The molecule has 2 N–H and O–H groups in total. The lowest BCUT2D eigenvalue weighted by molar-refractivity contribution is -0.117. The zero-order chi connectivity index (χ0) is 16.7. The molecule has 128 valence electrons. The Hall–Kier alpha value is -2.08. The first-order valence-corrected chi connectivity index (χ1v) is 8.68. The molecule has 6 heteroatoms. The Morgan fingerprint density at radius 1 is 1.38 bits per heavy atom. The zero-order valence-corrected chi connectivity index (χ0v) is 13.9. The quantitative estimate of drug-likeness (QED) is 0.887. The van der Waals surface area contributed by atoms with Crippen molar-refractivity contribution in [1.82, 2.24) is 10.6 Å². The number of nitrogens with one attached hydrogen (secondary N) is 2. The second-order valence-corrected chi connectivity index (χ2v) is 7.16. The monoisotopic (exact) mass is 329 g/mol. The van der Waals surface area contributed by atoms with Gasteiger partial charge in [-0.15, -0.1) is 0 Å². The maximum absolute atomic E-state index is 11.9. The average molecular weight is 329 g/mol. The average Bonchev–Trinajstić information content (AvgIpc) is 3.13.